The van der Waals surface area contributed by atoms with E-state index in [1.165, 1.54) is 12.1 Å². The van der Waals surface area contributed by atoms with Crippen LogP contribution in [0.4, 0.5) is 0 Å². The summed E-state index contributed by atoms with van der Waals surface area (Å²) in [6.45, 7) is 2.44. The molecule has 0 saturated carbocycles. The van der Waals surface area contributed by atoms with Gasteiger partial charge >= 0.3 is 0 Å². The highest BCUT2D eigenvalue weighted by Gasteiger charge is 2.35. The molecule has 3 heterocycles. The summed E-state index contributed by atoms with van der Waals surface area (Å²) >= 11 is 0. The molecule has 2 aromatic heterocycles. The van der Waals surface area contributed by atoms with Crippen molar-refractivity contribution >= 4 is 15.7 Å². The number of furan rings is 1. The molecular formula is C14H17N3O5S. The molecule has 0 aliphatic carbocycles. The standard InChI is InChI=1S/C14H17N3O5S/c1-3-11-15-13(16-22-11)9-5-4-8-17(9)14(18)10-6-7-12(21-10)23(2,19)20/h6-7,9H,3-5,8H2,1-2H3/t9-/m1/s1. The van der Waals surface area contributed by atoms with Crippen molar-refractivity contribution < 1.29 is 22.2 Å². The molecule has 124 valence electrons. The van der Waals surface area contributed by atoms with Gasteiger partial charge in [0.2, 0.25) is 20.8 Å². The molecule has 0 N–H and O–H groups in total. The number of amides is 1. The Morgan fingerprint density at radius 3 is 2.83 bits per heavy atom. The average molecular weight is 339 g/mol. The highest BCUT2D eigenvalue weighted by Crippen LogP contribution is 2.32. The molecule has 1 amide bonds. The van der Waals surface area contributed by atoms with E-state index in [0.717, 1.165) is 19.1 Å². The zero-order valence-corrected chi connectivity index (χ0v) is 13.7. The van der Waals surface area contributed by atoms with Crippen molar-refractivity contribution in [2.24, 2.45) is 0 Å². The monoisotopic (exact) mass is 339 g/mol. The first-order valence-corrected chi connectivity index (χ1v) is 9.22. The molecule has 1 aliphatic rings. The first-order valence-electron chi connectivity index (χ1n) is 7.33. The number of likely N-dealkylation sites (tertiary alicyclic amines) is 1. The molecule has 1 atom stereocenters. The van der Waals surface area contributed by atoms with Gasteiger partial charge in [-0.15, -0.1) is 0 Å². The summed E-state index contributed by atoms with van der Waals surface area (Å²) in [5.41, 5.74) is 0. The zero-order chi connectivity index (χ0) is 16.6. The van der Waals surface area contributed by atoms with Crippen LogP contribution in [0.3, 0.4) is 0 Å². The Balaban J connectivity index is 1.84. The van der Waals surface area contributed by atoms with Gasteiger partial charge in [-0.1, -0.05) is 12.1 Å². The zero-order valence-electron chi connectivity index (χ0n) is 12.9. The maximum absolute atomic E-state index is 12.6. The van der Waals surface area contributed by atoms with Gasteiger partial charge in [-0.2, -0.15) is 4.98 Å². The van der Waals surface area contributed by atoms with Gasteiger partial charge in [0.25, 0.3) is 5.91 Å². The van der Waals surface area contributed by atoms with Crippen molar-refractivity contribution in [3.63, 3.8) is 0 Å². The lowest BCUT2D eigenvalue weighted by atomic mass is 10.2. The lowest BCUT2D eigenvalue weighted by Crippen LogP contribution is -2.30. The van der Waals surface area contributed by atoms with Crippen LogP contribution in [0.25, 0.3) is 0 Å². The van der Waals surface area contributed by atoms with Crippen molar-refractivity contribution in [2.75, 3.05) is 12.8 Å². The van der Waals surface area contributed by atoms with Crippen LogP contribution in [0.15, 0.2) is 26.2 Å². The predicted octanol–water partition coefficient (Wildman–Crippen LogP) is 1.61. The van der Waals surface area contributed by atoms with E-state index in [1.807, 2.05) is 6.92 Å². The van der Waals surface area contributed by atoms with Crippen molar-refractivity contribution in [1.82, 2.24) is 15.0 Å². The molecule has 3 rings (SSSR count). The number of sulfone groups is 1. The minimum absolute atomic E-state index is 0.00321. The molecule has 8 nitrogen and oxygen atoms in total. The number of hydrogen-bond donors (Lipinski definition) is 0. The number of aromatic nitrogens is 2. The first kappa shape index (κ1) is 15.7. The maximum atomic E-state index is 12.6. The minimum Gasteiger partial charge on any atom is -0.440 e. The highest BCUT2D eigenvalue weighted by atomic mass is 32.2. The number of nitrogens with zero attached hydrogens (tertiary/aromatic N) is 3. The van der Waals surface area contributed by atoms with Crippen LogP contribution in [0.1, 0.15) is 48.1 Å². The summed E-state index contributed by atoms with van der Waals surface area (Å²) in [5, 5.41) is 3.72. The van der Waals surface area contributed by atoms with E-state index in [0.29, 0.717) is 24.7 Å². The van der Waals surface area contributed by atoms with E-state index in [2.05, 4.69) is 10.1 Å². The SMILES string of the molecule is CCc1nc([C@H]2CCCN2C(=O)c2ccc(S(C)(=O)=O)o2)no1. The highest BCUT2D eigenvalue weighted by molar-refractivity contribution is 7.90. The van der Waals surface area contributed by atoms with Gasteiger partial charge in [-0.3, -0.25) is 4.79 Å². The molecule has 0 spiro atoms. The van der Waals surface area contributed by atoms with Crippen LogP contribution in [-0.4, -0.2) is 42.2 Å². The first-order chi connectivity index (χ1) is 10.9. The second-order valence-corrected chi connectivity index (χ2v) is 7.39. The van der Waals surface area contributed by atoms with Gasteiger partial charge in [-0.25, -0.2) is 8.42 Å². The predicted molar refractivity (Wildman–Crippen MR) is 78.5 cm³/mol. The summed E-state index contributed by atoms with van der Waals surface area (Å²) in [5.74, 6) is 0.626. The van der Waals surface area contributed by atoms with Gasteiger partial charge in [-0.05, 0) is 25.0 Å². The number of carbonyl (C=O) groups is 1. The van der Waals surface area contributed by atoms with E-state index >= 15 is 0 Å². The summed E-state index contributed by atoms with van der Waals surface area (Å²) in [6, 6.07) is 2.39. The Kier molecular flexibility index (Phi) is 3.97. The molecule has 1 saturated heterocycles. The van der Waals surface area contributed by atoms with Gasteiger partial charge < -0.3 is 13.8 Å². The average Bonchev–Trinajstić information content (AvgIpc) is 3.23. The third-order valence-electron chi connectivity index (χ3n) is 3.76. The number of hydrogen-bond acceptors (Lipinski definition) is 7. The topological polar surface area (TPSA) is 107 Å². The quantitative estimate of drug-likeness (QED) is 0.832. The molecule has 0 aromatic carbocycles. The van der Waals surface area contributed by atoms with Gasteiger partial charge in [0.1, 0.15) is 0 Å². The summed E-state index contributed by atoms with van der Waals surface area (Å²) in [4.78, 5) is 18.5. The molecule has 1 aliphatic heterocycles. The maximum Gasteiger partial charge on any atom is 0.290 e. The van der Waals surface area contributed by atoms with E-state index in [4.69, 9.17) is 8.94 Å². The Labute approximate surface area is 133 Å². The molecule has 2 aromatic rings. The molecule has 1 fully saturated rings. The van der Waals surface area contributed by atoms with Crippen LogP contribution in [0.5, 0.6) is 0 Å². The minimum atomic E-state index is -3.48. The van der Waals surface area contributed by atoms with Crippen LogP contribution >= 0.6 is 0 Å². The van der Waals surface area contributed by atoms with E-state index in [1.54, 1.807) is 4.90 Å². The third kappa shape index (κ3) is 3.00. The Hall–Kier alpha value is -2.16. The van der Waals surface area contributed by atoms with Crippen molar-refractivity contribution in [3.05, 3.63) is 29.6 Å². The molecular weight excluding hydrogens is 322 g/mol. The normalized spacial score (nSPS) is 18.5. The van der Waals surface area contributed by atoms with Crippen molar-refractivity contribution in [1.29, 1.82) is 0 Å². The summed E-state index contributed by atoms with van der Waals surface area (Å²) < 4.78 is 33.2. The Morgan fingerprint density at radius 2 is 2.22 bits per heavy atom. The fourth-order valence-electron chi connectivity index (χ4n) is 2.60. The van der Waals surface area contributed by atoms with Crippen LogP contribution in [-0.2, 0) is 16.3 Å². The lowest BCUT2D eigenvalue weighted by Gasteiger charge is -2.20. The van der Waals surface area contributed by atoms with Gasteiger partial charge in [0.15, 0.2) is 11.6 Å². The van der Waals surface area contributed by atoms with Gasteiger partial charge in [0.05, 0.1) is 6.04 Å². The fourth-order valence-corrected chi connectivity index (χ4v) is 3.16. The molecule has 23 heavy (non-hydrogen) atoms. The second kappa shape index (κ2) is 5.80. The molecule has 0 radical (unpaired) electrons. The van der Waals surface area contributed by atoms with E-state index in [-0.39, 0.29) is 22.8 Å². The fraction of sp³-hybridized carbons (Fsp3) is 0.500. The second-order valence-electron chi connectivity index (χ2n) is 5.45. The third-order valence-corrected chi connectivity index (χ3v) is 4.71. The van der Waals surface area contributed by atoms with Crippen LogP contribution in [0, 0.1) is 0 Å². The Morgan fingerprint density at radius 1 is 1.43 bits per heavy atom. The van der Waals surface area contributed by atoms with Crippen LogP contribution < -0.4 is 0 Å². The van der Waals surface area contributed by atoms with E-state index < -0.39 is 9.84 Å². The van der Waals surface area contributed by atoms with Crippen LogP contribution in [0.2, 0.25) is 0 Å². The molecule has 0 unspecified atom stereocenters. The molecule has 9 heteroatoms. The number of carbonyl (C=O) groups excluding carboxylic acids is 1. The van der Waals surface area contributed by atoms with Crippen molar-refractivity contribution in [3.8, 4) is 0 Å². The Bertz CT molecular complexity index is 823. The smallest absolute Gasteiger partial charge is 0.290 e. The summed E-state index contributed by atoms with van der Waals surface area (Å²) in [6.07, 6.45) is 3.20. The number of aryl methyl sites for hydroxylation is 1. The number of rotatable bonds is 4. The van der Waals surface area contributed by atoms with Crippen molar-refractivity contribution in [2.45, 2.75) is 37.3 Å². The summed E-state index contributed by atoms with van der Waals surface area (Å²) in [7, 11) is -3.48. The van der Waals surface area contributed by atoms with Gasteiger partial charge in [0, 0.05) is 19.2 Å². The largest absolute Gasteiger partial charge is 0.440 e. The molecule has 0 bridgehead atoms. The van der Waals surface area contributed by atoms with E-state index in [9.17, 15) is 13.2 Å². The lowest BCUT2D eigenvalue weighted by molar-refractivity contribution is 0.0690.